The molecule has 1 atom stereocenters. The molecule has 0 saturated carbocycles. The van der Waals surface area contributed by atoms with Gasteiger partial charge >= 0.3 is 6.03 Å². The van der Waals surface area contributed by atoms with E-state index in [0.717, 1.165) is 0 Å². The first-order valence-electron chi connectivity index (χ1n) is 4.61. The van der Waals surface area contributed by atoms with Gasteiger partial charge < -0.3 is 31.7 Å². The van der Waals surface area contributed by atoms with Crippen LogP contribution < -0.4 is 16.4 Å². The van der Waals surface area contributed by atoms with Crippen molar-refractivity contribution in [3.05, 3.63) is 0 Å². The minimum absolute atomic E-state index is 0.630. The second-order valence-corrected chi connectivity index (χ2v) is 3.47. The monoisotopic (exact) mass is 235 g/mol. The highest BCUT2D eigenvalue weighted by Gasteiger charge is 2.31. The number of aliphatic hydroxyl groups excluding tert-OH is 3. The number of aliphatic hydroxyl groups is 3. The lowest BCUT2D eigenvalue weighted by atomic mass is 10.0. The number of nitrogens with two attached hydrogens (primary N) is 1. The van der Waals surface area contributed by atoms with Crippen molar-refractivity contribution in [2.45, 2.75) is 18.5 Å². The van der Waals surface area contributed by atoms with E-state index in [1.807, 2.05) is 0 Å². The highest BCUT2D eigenvalue weighted by Crippen LogP contribution is 2.02. The quantitative estimate of drug-likeness (QED) is 0.288. The third kappa shape index (κ3) is 4.01. The van der Waals surface area contributed by atoms with Crippen molar-refractivity contribution in [2.75, 3.05) is 19.8 Å². The molecule has 94 valence electrons. The molecular formula is C8H17N3O5. The van der Waals surface area contributed by atoms with Gasteiger partial charge in [-0.2, -0.15) is 0 Å². The fourth-order valence-electron chi connectivity index (χ4n) is 0.917. The Labute approximate surface area is 92.4 Å². The molecule has 0 fully saturated rings. The van der Waals surface area contributed by atoms with Crippen molar-refractivity contribution in [3.63, 3.8) is 0 Å². The molecule has 8 heteroatoms. The molecule has 0 aromatic rings. The summed E-state index contributed by atoms with van der Waals surface area (Å²) in [5.41, 5.74) is 3.30. The number of hydrogen-bond acceptors (Lipinski definition) is 5. The molecule has 0 spiro atoms. The second kappa shape index (κ2) is 6.26. The summed E-state index contributed by atoms with van der Waals surface area (Å²) in [4.78, 5) is 21.9. The summed E-state index contributed by atoms with van der Waals surface area (Å²) in [6.45, 7) is -0.518. The molecule has 3 amide bonds. The van der Waals surface area contributed by atoms with Gasteiger partial charge in [0.15, 0.2) is 0 Å². The van der Waals surface area contributed by atoms with Gasteiger partial charge in [-0.25, -0.2) is 4.79 Å². The number of primary amides is 1. The summed E-state index contributed by atoms with van der Waals surface area (Å²) in [6.07, 6.45) is 0. The smallest absolute Gasteiger partial charge is 0.312 e. The summed E-state index contributed by atoms with van der Waals surface area (Å²) >= 11 is 0. The standard InChI is InChI=1S/C8H17N3O5/c1-5(10-7(9)16)6(15)11-8(2-12,3-13)4-14/h5,12-14H,2-4H2,1H3,(H,11,15)(H3,9,10,16). The van der Waals surface area contributed by atoms with Gasteiger partial charge in [0.25, 0.3) is 0 Å². The maximum Gasteiger partial charge on any atom is 0.312 e. The van der Waals surface area contributed by atoms with Crippen LogP contribution in [0, 0.1) is 0 Å². The SMILES string of the molecule is CC(NC(N)=O)C(=O)NC(CO)(CO)CO. The average Bonchev–Trinajstić information content (AvgIpc) is 2.25. The largest absolute Gasteiger partial charge is 0.394 e. The number of carbonyl (C=O) groups excluding carboxylic acids is 2. The number of urea groups is 1. The van der Waals surface area contributed by atoms with Gasteiger partial charge in [-0.3, -0.25) is 4.79 Å². The summed E-state index contributed by atoms with van der Waals surface area (Å²) in [6, 6.07) is -1.80. The Balaban J connectivity index is 4.45. The first-order chi connectivity index (χ1) is 7.40. The van der Waals surface area contributed by atoms with Crippen molar-refractivity contribution in [1.29, 1.82) is 0 Å². The van der Waals surface area contributed by atoms with Gasteiger partial charge in [0.2, 0.25) is 5.91 Å². The zero-order valence-corrected chi connectivity index (χ0v) is 8.93. The Kier molecular flexibility index (Phi) is 5.72. The molecule has 0 aromatic carbocycles. The van der Waals surface area contributed by atoms with Gasteiger partial charge in [-0.05, 0) is 6.92 Å². The van der Waals surface area contributed by atoms with Crippen LogP contribution in [0.5, 0.6) is 0 Å². The number of nitrogens with one attached hydrogen (secondary N) is 2. The highest BCUT2D eigenvalue weighted by molar-refractivity contribution is 5.86. The Bertz CT molecular complexity index is 246. The molecule has 0 aromatic heterocycles. The molecule has 0 bridgehead atoms. The minimum atomic E-state index is -1.51. The normalized spacial score (nSPS) is 13.0. The van der Waals surface area contributed by atoms with Gasteiger partial charge in [-0.15, -0.1) is 0 Å². The third-order valence-corrected chi connectivity index (χ3v) is 2.05. The van der Waals surface area contributed by atoms with E-state index in [9.17, 15) is 9.59 Å². The van der Waals surface area contributed by atoms with Gasteiger partial charge in [0, 0.05) is 0 Å². The number of rotatable bonds is 6. The summed E-state index contributed by atoms with van der Waals surface area (Å²) in [5, 5.41) is 31.2. The predicted molar refractivity (Wildman–Crippen MR) is 54.3 cm³/mol. The molecule has 8 nitrogen and oxygen atoms in total. The first-order valence-corrected chi connectivity index (χ1v) is 4.61. The lowest BCUT2D eigenvalue weighted by Crippen LogP contribution is -2.61. The van der Waals surface area contributed by atoms with E-state index in [4.69, 9.17) is 21.1 Å². The van der Waals surface area contributed by atoms with Crippen LogP contribution in [-0.4, -0.2) is 58.7 Å². The van der Waals surface area contributed by atoms with Crippen LogP contribution in [-0.2, 0) is 4.79 Å². The van der Waals surface area contributed by atoms with Crippen LogP contribution in [0.15, 0.2) is 0 Å². The molecule has 0 saturated heterocycles. The van der Waals surface area contributed by atoms with E-state index in [1.54, 1.807) is 0 Å². The van der Waals surface area contributed by atoms with Crippen molar-refractivity contribution < 1.29 is 24.9 Å². The van der Waals surface area contributed by atoms with E-state index in [1.165, 1.54) is 6.92 Å². The van der Waals surface area contributed by atoms with Crippen molar-refractivity contribution in [1.82, 2.24) is 10.6 Å². The first kappa shape index (κ1) is 14.6. The van der Waals surface area contributed by atoms with Gasteiger partial charge in [-0.1, -0.05) is 0 Å². The maximum atomic E-state index is 11.5. The van der Waals surface area contributed by atoms with Crippen LogP contribution in [0.4, 0.5) is 4.79 Å². The molecule has 7 N–H and O–H groups in total. The number of hydrogen-bond donors (Lipinski definition) is 6. The van der Waals surface area contributed by atoms with Crippen LogP contribution in [0.2, 0.25) is 0 Å². The fraction of sp³-hybridized carbons (Fsp3) is 0.750. The number of amides is 3. The van der Waals surface area contributed by atoms with Crippen LogP contribution >= 0.6 is 0 Å². The lowest BCUT2D eigenvalue weighted by Gasteiger charge is -2.30. The van der Waals surface area contributed by atoms with E-state index in [-0.39, 0.29) is 0 Å². The zero-order chi connectivity index (χ0) is 12.8. The molecule has 0 aliphatic heterocycles. The highest BCUT2D eigenvalue weighted by atomic mass is 16.3. The molecule has 0 rings (SSSR count). The van der Waals surface area contributed by atoms with E-state index >= 15 is 0 Å². The van der Waals surface area contributed by atoms with Crippen LogP contribution in [0.1, 0.15) is 6.92 Å². The Morgan fingerprint density at radius 1 is 1.25 bits per heavy atom. The Hall–Kier alpha value is -1.38. The summed E-state index contributed by atoms with van der Waals surface area (Å²) in [5.74, 6) is -0.670. The van der Waals surface area contributed by atoms with Crippen LogP contribution in [0.25, 0.3) is 0 Å². The predicted octanol–water partition coefficient (Wildman–Crippen LogP) is -3.12. The fourth-order valence-corrected chi connectivity index (χ4v) is 0.917. The second-order valence-electron chi connectivity index (χ2n) is 3.47. The van der Waals surface area contributed by atoms with Crippen LogP contribution in [0.3, 0.4) is 0 Å². The van der Waals surface area contributed by atoms with Gasteiger partial charge in [0.1, 0.15) is 11.6 Å². The van der Waals surface area contributed by atoms with Crippen molar-refractivity contribution in [2.24, 2.45) is 5.73 Å². The average molecular weight is 235 g/mol. The lowest BCUT2D eigenvalue weighted by molar-refractivity contribution is -0.126. The molecule has 16 heavy (non-hydrogen) atoms. The topological polar surface area (TPSA) is 145 Å². The molecule has 0 heterocycles. The zero-order valence-electron chi connectivity index (χ0n) is 8.93. The summed E-state index contributed by atoms with van der Waals surface area (Å²) in [7, 11) is 0. The Morgan fingerprint density at radius 3 is 2.00 bits per heavy atom. The van der Waals surface area contributed by atoms with Crippen molar-refractivity contribution in [3.8, 4) is 0 Å². The molecule has 0 aliphatic carbocycles. The summed E-state index contributed by atoms with van der Waals surface area (Å²) < 4.78 is 0. The third-order valence-electron chi connectivity index (χ3n) is 2.05. The molecule has 0 radical (unpaired) electrons. The molecule has 1 unspecified atom stereocenters. The minimum Gasteiger partial charge on any atom is -0.394 e. The van der Waals surface area contributed by atoms with Gasteiger partial charge in [0.05, 0.1) is 19.8 Å². The van der Waals surface area contributed by atoms with Crippen molar-refractivity contribution >= 4 is 11.9 Å². The van der Waals surface area contributed by atoms with E-state index in [2.05, 4.69) is 10.6 Å². The van der Waals surface area contributed by atoms with E-state index in [0.29, 0.717) is 0 Å². The Morgan fingerprint density at radius 2 is 1.69 bits per heavy atom. The molecule has 0 aliphatic rings. The maximum absolute atomic E-state index is 11.5. The number of carbonyl (C=O) groups is 2. The van der Waals surface area contributed by atoms with E-state index < -0.39 is 43.3 Å². The molecular weight excluding hydrogens is 218 g/mol.